The first-order chi connectivity index (χ1) is 3.06. The summed E-state index contributed by atoms with van der Waals surface area (Å²) in [4.78, 5) is 0. The van der Waals surface area contributed by atoms with Crippen molar-refractivity contribution in [2.24, 2.45) is 0 Å². The van der Waals surface area contributed by atoms with Gasteiger partial charge in [0.05, 0.1) is 0 Å². The predicted molar refractivity (Wildman–Crippen MR) is 29.1 cm³/mol. The van der Waals surface area contributed by atoms with E-state index in [0.29, 0.717) is 0 Å². The molecule has 2 N–H and O–H groups in total. The SMILES string of the molecule is C[SiH2]NS(=O)(=O)O. The van der Waals surface area contributed by atoms with Gasteiger partial charge in [0.1, 0.15) is 9.68 Å². The van der Waals surface area contributed by atoms with Crippen LogP contribution in [0.3, 0.4) is 0 Å². The topological polar surface area (TPSA) is 66.4 Å². The van der Waals surface area contributed by atoms with Crippen molar-refractivity contribution in [3.8, 4) is 0 Å². The molecular weight excluding hydrogens is 134 g/mol. The zero-order chi connectivity index (χ0) is 5.91. The lowest BCUT2D eigenvalue weighted by Gasteiger charge is -1.89. The molecule has 0 rings (SSSR count). The first-order valence-corrected chi connectivity index (χ1v) is 5.34. The van der Waals surface area contributed by atoms with E-state index >= 15 is 0 Å². The molecule has 0 radical (unpaired) electrons. The minimum atomic E-state index is -3.86. The summed E-state index contributed by atoms with van der Waals surface area (Å²) in [6.07, 6.45) is 0. The van der Waals surface area contributed by atoms with Gasteiger partial charge in [0.2, 0.25) is 0 Å². The Bertz CT molecular complexity index is 128. The van der Waals surface area contributed by atoms with Crippen LogP contribution in [-0.2, 0) is 10.3 Å². The molecule has 0 aromatic carbocycles. The standard InChI is InChI=1S/CH7NO3SSi/c1-7-2-6(3,4)5/h2H,7H2,1H3,(H,3,4,5). The molecule has 0 unspecified atom stereocenters. The minimum absolute atomic E-state index is 0.778. The van der Waals surface area contributed by atoms with Crippen LogP contribution in [0.2, 0.25) is 6.55 Å². The second-order valence-electron chi connectivity index (χ2n) is 0.973. The van der Waals surface area contributed by atoms with Crippen LogP contribution >= 0.6 is 0 Å². The minimum Gasteiger partial charge on any atom is -0.274 e. The van der Waals surface area contributed by atoms with Crippen molar-refractivity contribution >= 4 is 20.0 Å². The van der Waals surface area contributed by atoms with Gasteiger partial charge in [0, 0.05) is 0 Å². The maximum absolute atomic E-state index is 9.71. The van der Waals surface area contributed by atoms with E-state index in [1.165, 1.54) is 0 Å². The molecule has 0 aliphatic carbocycles. The number of hydrogen-bond acceptors (Lipinski definition) is 2. The zero-order valence-corrected chi connectivity index (χ0v) is 6.11. The van der Waals surface area contributed by atoms with Crippen molar-refractivity contribution in [3.05, 3.63) is 0 Å². The van der Waals surface area contributed by atoms with Gasteiger partial charge in [0.25, 0.3) is 0 Å². The van der Waals surface area contributed by atoms with Crippen molar-refractivity contribution in [2.45, 2.75) is 6.55 Å². The predicted octanol–water partition coefficient (Wildman–Crippen LogP) is -1.49. The molecule has 0 amide bonds. The van der Waals surface area contributed by atoms with Crippen LogP contribution in [0.1, 0.15) is 0 Å². The smallest absolute Gasteiger partial charge is 0.274 e. The van der Waals surface area contributed by atoms with Crippen LogP contribution in [0, 0.1) is 0 Å². The summed E-state index contributed by atoms with van der Waals surface area (Å²) in [6, 6.07) is 0. The molecule has 6 heteroatoms. The molecule has 0 saturated heterocycles. The molecule has 0 saturated carbocycles. The summed E-state index contributed by atoms with van der Waals surface area (Å²) >= 11 is 0. The third-order valence-corrected chi connectivity index (χ3v) is 2.94. The molecule has 0 aliphatic heterocycles. The Labute approximate surface area is 44.7 Å². The molecule has 0 spiro atoms. The van der Waals surface area contributed by atoms with Gasteiger partial charge in [-0.2, -0.15) is 8.42 Å². The average Bonchev–Trinajstić information content (AvgIpc) is 1.30. The van der Waals surface area contributed by atoms with Gasteiger partial charge in [-0.3, -0.25) is 4.55 Å². The molecule has 44 valence electrons. The lowest BCUT2D eigenvalue weighted by molar-refractivity contribution is 0.479. The summed E-state index contributed by atoms with van der Waals surface area (Å²) < 4.78 is 29.3. The van der Waals surface area contributed by atoms with Crippen LogP contribution in [0.15, 0.2) is 0 Å². The van der Waals surface area contributed by atoms with Gasteiger partial charge in [-0.15, -0.1) is 0 Å². The highest BCUT2D eigenvalue weighted by atomic mass is 32.2. The summed E-state index contributed by atoms with van der Waals surface area (Å²) in [5.74, 6) is 0. The second-order valence-corrected chi connectivity index (χ2v) is 3.78. The van der Waals surface area contributed by atoms with Crippen LogP contribution < -0.4 is 4.39 Å². The molecule has 0 aliphatic rings. The first-order valence-electron chi connectivity index (χ1n) is 1.78. The third kappa shape index (κ3) is 6.09. The van der Waals surface area contributed by atoms with Gasteiger partial charge in [-0.05, 0) is 0 Å². The Morgan fingerprint density at radius 1 is 1.71 bits per heavy atom. The highest BCUT2D eigenvalue weighted by Crippen LogP contribution is 1.65. The molecule has 0 bridgehead atoms. The molecule has 4 nitrogen and oxygen atoms in total. The van der Waals surface area contributed by atoms with Crippen LogP contribution in [0.25, 0.3) is 0 Å². The molecule has 0 atom stereocenters. The molecule has 0 fully saturated rings. The quantitative estimate of drug-likeness (QED) is 0.364. The Morgan fingerprint density at radius 3 is 2.14 bits per heavy atom. The second kappa shape index (κ2) is 2.41. The highest BCUT2D eigenvalue weighted by molar-refractivity contribution is 7.84. The normalized spacial score (nSPS) is 13.4. The van der Waals surface area contributed by atoms with E-state index in [9.17, 15) is 8.42 Å². The van der Waals surface area contributed by atoms with E-state index in [1.54, 1.807) is 6.55 Å². The van der Waals surface area contributed by atoms with E-state index in [0.717, 1.165) is 0 Å². The fraction of sp³-hybridized carbons (Fsp3) is 1.00. The maximum Gasteiger partial charge on any atom is 0.326 e. The van der Waals surface area contributed by atoms with Crippen molar-refractivity contribution in [3.63, 3.8) is 0 Å². The van der Waals surface area contributed by atoms with Gasteiger partial charge in [0.15, 0.2) is 0 Å². The number of rotatable bonds is 2. The van der Waals surface area contributed by atoms with Crippen molar-refractivity contribution in [2.75, 3.05) is 0 Å². The number of hydrogen-bond donors (Lipinski definition) is 2. The third-order valence-electron chi connectivity index (χ3n) is 0.327. The summed E-state index contributed by atoms with van der Waals surface area (Å²) in [7, 11) is -4.64. The Hall–Kier alpha value is 0.0869. The van der Waals surface area contributed by atoms with Crippen molar-refractivity contribution in [1.29, 1.82) is 0 Å². The van der Waals surface area contributed by atoms with E-state index < -0.39 is 20.0 Å². The zero-order valence-electron chi connectivity index (χ0n) is 3.88. The highest BCUT2D eigenvalue weighted by Gasteiger charge is 1.95. The van der Waals surface area contributed by atoms with Gasteiger partial charge < -0.3 is 0 Å². The van der Waals surface area contributed by atoms with Crippen LogP contribution in [0.4, 0.5) is 0 Å². The molecule has 0 aromatic rings. The maximum atomic E-state index is 9.71. The Morgan fingerprint density at radius 2 is 2.14 bits per heavy atom. The summed E-state index contributed by atoms with van der Waals surface area (Å²) in [5.41, 5.74) is 0. The van der Waals surface area contributed by atoms with Gasteiger partial charge in [-0.25, -0.2) is 4.39 Å². The first kappa shape index (κ1) is 7.09. The van der Waals surface area contributed by atoms with Gasteiger partial charge in [-0.1, -0.05) is 6.55 Å². The molecule has 0 aromatic heterocycles. The van der Waals surface area contributed by atoms with Crippen molar-refractivity contribution in [1.82, 2.24) is 4.39 Å². The van der Waals surface area contributed by atoms with Gasteiger partial charge >= 0.3 is 10.3 Å². The molecule has 7 heavy (non-hydrogen) atoms. The fourth-order valence-electron chi connectivity index (χ4n) is 0.182. The largest absolute Gasteiger partial charge is 0.326 e. The van der Waals surface area contributed by atoms with Crippen LogP contribution in [-0.4, -0.2) is 22.7 Å². The van der Waals surface area contributed by atoms with E-state index in [2.05, 4.69) is 0 Å². The molecular formula is CH7NO3SSi. The Kier molecular flexibility index (Phi) is 2.44. The monoisotopic (exact) mass is 141 g/mol. The average molecular weight is 141 g/mol. The van der Waals surface area contributed by atoms with E-state index in [4.69, 9.17) is 4.55 Å². The lowest BCUT2D eigenvalue weighted by atomic mass is 11.9. The van der Waals surface area contributed by atoms with Crippen LogP contribution in [0.5, 0.6) is 0 Å². The van der Waals surface area contributed by atoms with Crippen molar-refractivity contribution < 1.29 is 13.0 Å². The summed E-state index contributed by atoms with van der Waals surface area (Å²) in [5, 5.41) is 0. The van der Waals surface area contributed by atoms with E-state index in [1.807, 2.05) is 4.39 Å². The van der Waals surface area contributed by atoms with E-state index in [-0.39, 0.29) is 0 Å². The number of nitrogens with one attached hydrogen (secondary N) is 1. The fourth-order valence-corrected chi connectivity index (χ4v) is 1.64. The summed E-state index contributed by atoms with van der Waals surface area (Å²) in [6.45, 7) is 1.72. The Balaban J connectivity index is 3.60. The molecule has 0 heterocycles. The lowest BCUT2D eigenvalue weighted by Crippen LogP contribution is -2.24.